The van der Waals surface area contributed by atoms with Crippen LogP contribution in [0.15, 0.2) is 53.3 Å². The fourth-order valence-electron chi connectivity index (χ4n) is 4.57. The third-order valence-corrected chi connectivity index (χ3v) is 6.43. The van der Waals surface area contributed by atoms with Gasteiger partial charge in [0.2, 0.25) is 0 Å². The molecule has 0 aromatic carbocycles. The molecule has 1 aliphatic carbocycles. The van der Waals surface area contributed by atoms with E-state index in [1.807, 2.05) is 30.0 Å². The first-order chi connectivity index (χ1) is 14.6. The van der Waals surface area contributed by atoms with Gasteiger partial charge in [-0.1, -0.05) is 22.0 Å². The van der Waals surface area contributed by atoms with Gasteiger partial charge in [-0.2, -0.15) is 0 Å². The second-order valence-electron chi connectivity index (χ2n) is 8.06. The predicted octanol–water partition coefficient (Wildman–Crippen LogP) is 5.37. The number of hydrogen-bond donors (Lipinski definition) is 1. The van der Waals surface area contributed by atoms with E-state index >= 15 is 0 Å². The first-order valence-electron chi connectivity index (χ1n) is 10.2. The minimum absolute atomic E-state index is 0.158. The van der Waals surface area contributed by atoms with Crippen LogP contribution in [0.1, 0.15) is 30.5 Å². The molecule has 4 heterocycles. The van der Waals surface area contributed by atoms with E-state index in [4.69, 9.17) is 4.98 Å². The lowest BCUT2D eigenvalue weighted by Crippen LogP contribution is -2.42. The minimum atomic E-state index is -0.176. The van der Waals surface area contributed by atoms with E-state index in [1.165, 1.54) is 0 Å². The van der Waals surface area contributed by atoms with Gasteiger partial charge < -0.3 is 0 Å². The number of carbonyl (C=O) groups excluding carboxylic acids is 1. The van der Waals surface area contributed by atoms with Gasteiger partial charge >= 0.3 is 6.03 Å². The van der Waals surface area contributed by atoms with Gasteiger partial charge in [-0.05, 0) is 74.4 Å². The summed E-state index contributed by atoms with van der Waals surface area (Å²) in [5.41, 5.74) is 3.94. The Labute approximate surface area is 183 Å². The normalized spacial score (nSPS) is 19.9. The Balaban J connectivity index is 1.55. The van der Waals surface area contributed by atoms with Crippen LogP contribution in [0.25, 0.3) is 11.3 Å². The Kier molecular flexibility index (Phi) is 4.98. The van der Waals surface area contributed by atoms with Crippen molar-refractivity contribution in [3.8, 4) is 11.3 Å². The maximum atomic E-state index is 13.4. The lowest BCUT2D eigenvalue weighted by molar-refractivity contribution is 0.254. The average Bonchev–Trinajstić information content (AvgIpc) is 3.09. The molecule has 0 spiro atoms. The van der Waals surface area contributed by atoms with E-state index < -0.39 is 0 Å². The van der Waals surface area contributed by atoms with Gasteiger partial charge in [0, 0.05) is 34.2 Å². The molecule has 1 fully saturated rings. The van der Waals surface area contributed by atoms with Crippen LogP contribution < -0.4 is 10.2 Å². The van der Waals surface area contributed by atoms with Crippen LogP contribution in [0.4, 0.5) is 16.4 Å². The van der Waals surface area contributed by atoms with Gasteiger partial charge in [-0.15, -0.1) is 0 Å². The molecule has 3 aromatic heterocycles. The number of urea groups is 1. The molecule has 2 amide bonds. The van der Waals surface area contributed by atoms with Crippen LogP contribution in [0.3, 0.4) is 0 Å². The summed E-state index contributed by atoms with van der Waals surface area (Å²) in [4.78, 5) is 28.8. The maximum absolute atomic E-state index is 13.4. The molecule has 1 unspecified atom stereocenters. The van der Waals surface area contributed by atoms with Crippen molar-refractivity contribution in [1.82, 2.24) is 15.0 Å². The highest BCUT2D eigenvalue weighted by molar-refractivity contribution is 9.10. The van der Waals surface area contributed by atoms with Gasteiger partial charge in [0.1, 0.15) is 11.6 Å². The summed E-state index contributed by atoms with van der Waals surface area (Å²) in [5, 5.41) is 2.97. The van der Waals surface area contributed by atoms with Crippen molar-refractivity contribution < 1.29 is 4.79 Å². The van der Waals surface area contributed by atoms with Crippen LogP contribution in [0.5, 0.6) is 0 Å². The van der Waals surface area contributed by atoms with E-state index in [1.54, 1.807) is 18.5 Å². The van der Waals surface area contributed by atoms with Crippen molar-refractivity contribution >= 4 is 33.6 Å². The third-order valence-electron chi connectivity index (χ3n) is 5.94. The van der Waals surface area contributed by atoms with Gasteiger partial charge in [-0.25, -0.2) is 14.8 Å². The number of amides is 2. The summed E-state index contributed by atoms with van der Waals surface area (Å²) in [7, 11) is 0. The van der Waals surface area contributed by atoms with Crippen molar-refractivity contribution in [2.45, 2.75) is 38.6 Å². The number of halogens is 1. The smallest absolute Gasteiger partial charge is 0.292 e. The summed E-state index contributed by atoms with van der Waals surface area (Å²) in [6.07, 6.45) is 7.60. The number of aromatic nitrogens is 3. The Bertz CT molecular complexity index is 1120. The molecule has 6 nitrogen and oxygen atoms in total. The van der Waals surface area contributed by atoms with Gasteiger partial charge in [0.15, 0.2) is 0 Å². The maximum Gasteiger partial charge on any atom is 0.328 e. The zero-order valence-electron chi connectivity index (χ0n) is 16.7. The Morgan fingerprint density at radius 3 is 2.83 bits per heavy atom. The Hall–Kier alpha value is -2.80. The van der Waals surface area contributed by atoms with Crippen LogP contribution in [0, 0.1) is 12.8 Å². The number of hydrogen-bond acceptors (Lipinski definition) is 4. The number of carbonyl (C=O) groups is 1. The highest BCUT2D eigenvalue weighted by Gasteiger charge is 2.38. The number of nitrogens with one attached hydrogen (secondary N) is 1. The Morgan fingerprint density at radius 1 is 1.13 bits per heavy atom. The molecule has 30 heavy (non-hydrogen) atoms. The monoisotopic (exact) mass is 463 g/mol. The van der Waals surface area contributed by atoms with Crippen molar-refractivity contribution in [1.29, 1.82) is 0 Å². The van der Waals surface area contributed by atoms with E-state index in [2.05, 4.69) is 43.3 Å². The molecule has 2 atom stereocenters. The number of fused-ring (bicyclic) bond motifs is 3. The van der Waals surface area contributed by atoms with Gasteiger partial charge in [-0.3, -0.25) is 15.2 Å². The van der Waals surface area contributed by atoms with Crippen molar-refractivity contribution in [3.05, 3.63) is 64.5 Å². The van der Waals surface area contributed by atoms with Crippen LogP contribution in [-0.2, 0) is 6.42 Å². The van der Waals surface area contributed by atoms with E-state index in [0.717, 1.165) is 58.5 Å². The van der Waals surface area contributed by atoms with Crippen molar-refractivity contribution in [2.75, 3.05) is 10.2 Å². The SMILES string of the molecule is Cc1cc(-c2ccc3c(n2)N(C(=O)Nc2cc(Br)ccn2)[C@@H]2CCC(C3)C2)ccn1. The quantitative estimate of drug-likeness (QED) is 0.554. The highest BCUT2D eigenvalue weighted by Crippen LogP contribution is 2.41. The zero-order valence-corrected chi connectivity index (χ0v) is 18.3. The predicted molar refractivity (Wildman–Crippen MR) is 120 cm³/mol. The molecule has 1 aliphatic heterocycles. The van der Waals surface area contributed by atoms with E-state index in [0.29, 0.717) is 11.7 Å². The lowest BCUT2D eigenvalue weighted by atomic mass is 9.98. The second-order valence-corrected chi connectivity index (χ2v) is 8.98. The van der Waals surface area contributed by atoms with Crippen LogP contribution >= 0.6 is 15.9 Å². The molecule has 152 valence electrons. The number of pyridine rings is 3. The van der Waals surface area contributed by atoms with Gasteiger partial charge in [0.05, 0.1) is 5.69 Å². The molecular weight excluding hydrogens is 442 g/mol. The lowest BCUT2D eigenvalue weighted by Gasteiger charge is -2.29. The van der Waals surface area contributed by atoms with Gasteiger partial charge in [0.25, 0.3) is 0 Å². The molecule has 2 aliphatic rings. The highest BCUT2D eigenvalue weighted by atomic mass is 79.9. The topological polar surface area (TPSA) is 71.0 Å². The second kappa shape index (κ2) is 7.80. The van der Waals surface area contributed by atoms with Crippen LogP contribution in [-0.4, -0.2) is 27.0 Å². The molecule has 1 saturated carbocycles. The molecule has 5 rings (SSSR count). The number of anilines is 2. The molecule has 7 heteroatoms. The summed E-state index contributed by atoms with van der Waals surface area (Å²) in [6, 6.07) is 11.8. The zero-order chi connectivity index (χ0) is 20.7. The standard InChI is InChI=1S/C23H22BrN5O/c1-14-10-16(6-8-25-14)20-5-3-17-11-15-2-4-19(12-15)29(22(17)27-20)23(30)28-21-13-18(24)7-9-26-21/h3,5-10,13,15,19H,2,4,11-12H2,1H3,(H,26,28,30)/t15?,19-/m1/s1. The number of rotatable bonds is 2. The molecule has 0 saturated heterocycles. The molecule has 2 bridgehead atoms. The van der Waals surface area contributed by atoms with E-state index in [9.17, 15) is 4.79 Å². The Morgan fingerprint density at radius 2 is 2.00 bits per heavy atom. The minimum Gasteiger partial charge on any atom is -0.292 e. The molecule has 3 aromatic rings. The van der Waals surface area contributed by atoms with Crippen LogP contribution in [0.2, 0.25) is 0 Å². The fraction of sp³-hybridized carbons (Fsp3) is 0.304. The number of aryl methyl sites for hydroxylation is 1. The van der Waals surface area contributed by atoms with Crippen molar-refractivity contribution in [3.63, 3.8) is 0 Å². The summed E-state index contributed by atoms with van der Waals surface area (Å²) < 4.78 is 0.874. The first-order valence-corrected chi connectivity index (χ1v) is 11.0. The first kappa shape index (κ1) is 19.2. The summed E-state index contributed by atoms with van der Waals surface area (Å²) in [6.45, 7) is 1.97. The largest absolute Gasteiger partial charge is 0.328 e. The molecule has 1 N–H and O–H groups in total. The molecular formula is C23H22BrN5O. The summed E-state index contributed by atoms with van der Waals surface area (Å²) >= 11 is 3.44. The van der Waals surface area contributed by atoms with E-state index in [-0.39, 0.29) is 12.1 Å². The van der Waals surface area contributed by atoms with Crippen molar-refractivity contribution in [2.24, 2.45) is 5.92 Å². The number of nitrogens with zero attached hydrogens (tertiary/aromatic N) is 4. The molecule has 0 radical (unpaired) electrons. The average molecular weight is 464 g/mol. The fourth-order valence-corrected chi connectivity index (χ4v) is 4.90. The summed E-state index contributed by atoms with van der Waals surface area (Å²) in [5.74, 6) is 1.89. The third kappa shape index (κ3) is 3.69.